The number of aryl methyl sites for hydroxylation is 2. The third-order valence-electron chi connectivity index (χ3n) is 4.96. The third kappa shape index (κ3) is 5.88. The topological polar surface area (TPSA) is 78.5 Å². The lowest BCUT2D eigenvalue weighted by atomic mass is 10.0. The van der Waals surface area contributed by atoms with Crippen molar-refractivity contribution in [2.24, 2.45) is 0 Å². The summed E-state index contributed by atoms with van der Waals surface area (Å²) >= 11 is 0. The number of rotatable bonds is 10. The van der Waals surface area contributed by atoms with E-state index in [-0.39, 0.29) is 0 Å². The van der Waals surface area contributed by atoms with Crippen LogP contribution in [0.15, 0.2) is 60.7 Å². The molecule has 0 aliphatic carbocycles. The van der Waals surface area contributed by atoms with E-state index in [4.69, 9.17) is 19.6 Å². The van der Waals surface area contributed by atoms with Gasteiger partial charge in [-0.05, 0) is 66.8 Å². The molecule has 0 radical (unpaired) electrons. The monoisotopic (exact) mass is 419 g/mol. The maximum absolute atomic E-state index is 5.35. The van der Waals surface area contributed by atoms with Gasteiger partial charge < -0.3 is 4.89 Å². The van der Waals surface area contributed by atoms with E-state index in [0.717, 1.165) is 28.6 Å². The van der Waals surface area contributed by atoms with Gasteiger partial charge in [-0.2, -0.15) is 4.89 Å². The molecule has 160 valence electrons. The molecule has 0 aliphatic rings. The molecule has 0 spiro atoms. The first-order chi connectivity index (χ1) is 15.2. The van der Waals surface area contributed by atoms with Crippen molar-refractivity contribution < 1.29 is 19.6 Å². The summed E-state index contributed by atoms with van der Waals surface area (Å²) < 4.78 is 0. The van der Waals surface area contributed by atoms with Gasteiger partial charge in [-0.15, -0.1) is 5.10 Å². The molecule has 0 bridgehead atoms. The van der Waals surface area contributed by atoms with Crippen molar-refractivity contribution in [1.82, 2.24) is 15.4 Å². The zero-order valence-corrected chi connectivity index (χ0v) is 17.6. The molecule has 7 heteroatoms. The van der Waals surface area contributed by atoms with Crippen LogP contribution in [-0.2, 0) is 34.3 Å². The lowest BCUT2D eigenvalue weighted by Gasteiger charge is -2.08. The summed E-state index contributed by atoms with van der Waals surface area (Å²) in [5.41, 5.74) is 7.43. The minimum Gasteiger partial charge on any atom is -0.337 e. The number of fused-ring (bicyclic) bond motifs is 1. The number of H-pyrrole nitrogens is 1. The van der Waals surface area contributed by atoms with Crippen molar-refractivity contribution in [1.29, 1.82) is 0 Å². The van der Waals surface area contributed by atoms with Crippen LogP contribution in [0, 0.1) is 13.8 Å². The van der Waals surface area contributed by atoms with E-state index in [9.17, 15) is 0 Å². The van der Waals surface area contributed by atoms with E-state index >= 15 is 0 Å². The summed E-state index contributed by atoms with van der Waals surface area (Å²) in [6, 6.07) is 19.7. The van der Waals surface area contributed by atoms with Crippen LogP contribution in [0.4, 0.5) is 0 Å². The molecule has 31 heavy (non-hydrogen) atoms. The Kier molecular flexibility index (Phi) is 6.89. The van der Waals surface area contributed by atoms with Crippen LogP contribution in [0.2, 0.25) is 0 Å². The van der Waals surface area contributed by atoms with Crippen molar-refractivity contribution in [3.63, 3.8) is 0 Å². The molecule has 0 amide bonds. The van der Waals surface area contributed by atoms with E-state index in [1.165, 1.54) is 16.7 Å². The van der Waals surface area contributed by atoms with Crippen LogP contribution in [-0.4, -0.2) is 22.0 Å². The normalized spacial score (nSPS) is 11.2. The third-order valence-corrected chi connectivity index (χ3v) is 4.96. The predicted molar refractivity (Wildman–Crippen MR) is 116 cm³/mol. The fourth-order valence-electron chi connectivity index (χ4n) is 3.23. The van der Waals surface area contributed by atoms with Gasteiger partial charge in [-0.25, -0.2) is 9.78 Å². The van der Waals surface area contributed by atoms with Crippen molar-refractivity contribution >= 4 is 11.0 Å². The summed E-state index contributed by atoms with van der Waals surface area (Å²) in [6.45, 7) is 5.40. The average Bonchev–Trinajstić information content (AvgIpc) is 3.24. The van der Waals surface area contributed by atoms with E-state index in [0.29, 0.717) is 25.6 Å². The highest BCUT2D eigenvalue weighted by Crippen LogP contribution is 2.16. The van der Waals surface area contributed by atoms with Gasteiger partial charge in [0.25, 0.3) is 0 Å². The molecule has 4 aromatic rings. The highest BCUT2D eigenvalue weighted by molar-refractivity contribution is 5.73. The van der Waals surface area contributed by atoms with E-state index in [2.05, 4.69) is 47.5 Å². The van der Waals surface area contributed by atoms with Gasteiger partial charge in [0.2, 0.25) is 0 Å². The number of benzene rings is 3. The van der Waals surface area contributed by atoms with Crippen LogP contribution in [0.3, 0.4) is 0 Å². The van der Waals surface area contributed by atoms with E-state index < -0.39 is 0 Å². The highest BCUT2D eigenvalue weighted by Gasteiger charge is 2.03. The zero-order valence-electron chi connectivity index (χ0n) is 17.6. The molecule has 1 heterocycles. The lowest BCUT2D eigenvalue weighted by Crippen LogP contribution is -2.02. The Labute approximate surface area is 180 Å². The molecule has 4 rings (SSSR count). The highest BCUT2D eigenvalue weighted by atomic mass is 17.2. The molecule has 1 N–H and O–H groups in total. The predicted octanol–water partition coefficient (Wildman–Crippen LogP) is 4.78. The summed E-state index contributed by atoms with van der Waals surface area (Å²) in [6.07, 6.45) is 0.819. The summed E-state index contributed by atoms with van der Waals surface area (Å²) in [7, 11) is 0. The van der Waals surface area contributed by atoms with Gasteiger partial charge in [-0.3, -0.25) is 5.10 Å². The quantitative estimate of drug-likeness (QED) is 0.226. The van der Waals surface area contributed by atoms with E-state index in [1.54, 1.807) is 0 Å². The fraction of sp³-hybridized carbons (Fsp3) is 0.250. The van der Waals surface area contributed by atoms with Crippen LogP contribution in [0.1, 0.15) is 27.8 Å². The maximum Gasteiger partial charge on any atom is 0.165 e. The van der Waals surface area contributed by atoms with Crippen molar-refractivity contribution in [2.75, 3.05) is 6.61 Å². The number of hydrogen-bond acceptors (Lipinski definition) is 6. The van der Waals surface area contributed by atoms with Gasteiger partial charge >= 0.3 is 0 Å². The minimum absolute atomic E-state index is 0.307. The molecule has 3 aromatic carbocycles. The van der Waals surface area contributed by atoms with Crippen LogP contribution >= 0.6 is 0 Å². The second-order valence-corrected chi connectivity index (χ2v) is 7.42. The fourth-order valence-corrected chi connectivity index (χ4v) is 3.23. The summed E-state index contributed by atoms with van der Waals surface area (Å²) in [5, 5.41) is 10.6. The molecule has 7 nitrogen and oxygen atoms in total. The Bertz CT molecular complexity index is 1130. The molecule has 0 atom stereocenters. The molecular weight excluding hydrogens is 394 g/mol. The lowest BCUT2D eigenvalue weighted by molar-refractivity contribution is -0.303. The minimum atomic E-state index is 0.307. The van der Waals surface area contributed by atoms with Crippen LogP contribution < -0.4 is 4.89 Å². The van der Waals surface area contributed by atoms with E-state index in [1.807, 2.05) is 42.5 Å². The number of aromatic amines is 1. The Balaban J connectivity index is 1.15. The van der Waals surface area contributed by atoms with Crippen molar-refractivity contribution in [3.05, 3.63) is 88.5 Å². The van der Waals surface area contributed by atoms with Crippen molar-refractivity contribution in [3.8, 4) is 5.75 Å². The molecule has 0 saturated carbocycles. The average molecular weight is 419 g/mol. The van der Waals surface area contributed by atoms with Gasteiger partial charge in [0, 0.05) is 0 Å². The van der Waals surface area contributed by atoms with Gasteiger partial charge in [0.15, 0.2) is 5.75 Å². The molecule has 0 unspecified atom stereocenters. The molecule has 0 saturated heterocycles. The summed E-state index contributed by atoms with van der Waals surface area (Å²) in [4.78, 5) is 21.3. The maximum atomic E-state index is 5.35. The molecule has 0 aliphatic heterocycles. The Morgan fingerprint density at radius 1 is 0.806 bits per heavy atom. The molecular formula is C24H25N3O4. The first kappa shape index (κ1) is 21.0. The van der Waals surface area contributed by atoms with Gasteiger partial charge in [0.1, 0.15) is 18.7 Å². The second-order valence-electron chi connectivity index (χ2n) is 7.42. The standard InChI is InChI=1S/C24H25N3O4/c1-17-3-7-21(18(2)13-17)11-12-28-29-15-19-4-8-22(9-5-19)31-30-16-20-6-10-23-24(14-20)26-27-25-23/h3-10,13-14H,11-12,15-16H2,1-2H3,(H,25,26,27). The largest absolute Gasteiger partial charge is 0.337 e. The van der Waals surface area contributed by atoms with Crippen molar-refractivity contribution in [2.45, 2.75) is 33.5 Å². The number of aromatic nitrogens is 3. The first-order valence-electron chi connectivity index (χ1n) is 10.2. The first-order valence-corrected chi connectivity index (χ1v) is 10.2. The van der Waals surface area contributed by atoms with Crippen LogP contribution in [0.25, 0.3) is 11.0 Å². The second kappa shape index (κ2) is 10.2. The van der Waals surface area contributed by atoms with Gasteiger partial charge in [-0.1, -0.05) is 47.2 Å². The summed E-state index contributed by atoms with van der Waals surface area (Å²) in [5.74, 6) is 0.613. The molecule has 0 fully saturated rings. The molecule has 1 aromatic heterocycles. The number of nitrogens with one attached hydrogen (secondary N) is 1. The van der Waals surface area contributed by atoms with Gasteiger partial charge in [0.05, 0.1) is 12.1 Å². The Morgan fingerprint density at radius 3 is 2.45 bits per heavy atom. The smallest absolute Gasteiger partial charge is 0.165 e. The SMILES string of the molecule is Cc1ccc(CCOOCc2ccc(OOCc3ccc4[nH]nnc4c3)cc2)c(C)c1. The zero-order chi connectivity index (χ0) is 21.5. The Hall–Kier alpha value is -3.26. The number of hydrogen-bond donors (Lipinski definition) is 1. The Morgan fingerprint density at radius 2 is 1.61 bits per heavy atom. The van der Waals surface area contributed by atoms with Crippen LogP contribution in [0.5, 0.6) is 5.75 Å². The number of nitrogens with zero attached hydrogens (tertiary/aromatic N) is 2.